The largest absolute Gasteiger partial charge is 0.272 e. The molecule has 0 bridgehead atoms. The molecule has 1 heterocycles. The Kier molecular flexibility index (Phi) is 4.71. The van der Waals surface area contributed by atoms with E-state index >= 15 is 0 Å². The maximum absolute atomic E-state index is 5.49. The van der Waals surface area contributed by atoms with E-state index in [1.54, 1.807) is 0 Å². The van der Waals surface area contributed by atoms with Gasteiger partial charge in [0.25, 0.3) is 0 Å². The van der Waals surface area contributed by atoms with Crippen molar-refractivity contribution in [3.05, 3.63) is 29.6 Å². The number of hydrogen-bond donors (Lipinski definition) is 2. The summed E-state index contributed by atoms with van der Waals surface area (Å²) in [6.07, 6.45) is 4.81. The van der Waals surface area contributed by atoms with Gasteiger partial charge in [0.2, 0.25) is 0 Å². The molecule has 1 aromatic heterocycles. The summed E-state index contributed by atoms with van der Waals surface area (Å²) in [5, 5.41) is 4.41. The van der Waals surface area contributed by atoms with E-state index in [1.165, 1.54) is 11.3 Å². The molecule has 0 saturated heterocycles. The maximum Gasteiger partial charge on any atom is 0.0628 e. The second-order valence-electron chi connectivity index (χ2n) is 4.20. The average molecular weight is 222 g/mol. The van der Waals surface area contributed by atoms with Crippen molar-refractivity contribution in [1.82, 2.24) is 15.2 Å². The molecule has 1 aromatic rings. The minimum absolute atomic E-state index is 0.302. The Morgan fingerprint density at radius 2 is 2.25 bits per heavy atom. The van der Waals surface area contributed by atoms with E-state index < -0.39 is 0 Å². The lowest BCUT2D eigenvalue weighted by molar-refractivity contribution is 0.498. The first-order valence-electron chi connectivity index (χ1n) is 5.66. The van der Waals surface area contributed by atoms with Crippen molar-refractivity contribution >= 4 is 0 Å². The van der Waals surface area contributed by atoms with Crippen LogP contribution >= 0.6 is 0 Å². The fourth-order valence-electron chi connectivity index (χ4n) is 1.97. The van der Waals surface area contributed by atoms with Crippen LogP contribution < -0.4 is 11.3 Å². The van der Waals surface area contributed by atoms with Crippen LogP contribution in [-0.2, 0) is 13.5 Å². The molecule has 90 valence electrons. The second-order valence-corrected chi connectivity index (χ2v) is 4.20. The summed E-state index contributed by atoms with van der Waals surface area (Å²) in [4.78, 5) is 0. The van der Waals surface area contributed by atoms with Gasteiger partial charge in [0.15, 0.2) is 0 Å². The van der Waals surface area contributed by atoms with E-state index in [1.807, 2.05) is 17.8 Å². The predicted octanol–water partition coefficient (Wildman–Crippen LogP) is 1.38. The number of aromatic nitrogens is 2. The van der Waals surface area contributed by atoms with Gasteiger partial charge >= 0.3 is 0 Å². The first-order valence-corrected chi connectivity index (χ1v) is 5.66. The third-order valence-electron chi connectivity index (χ3n) is 3.09. The summed E-state index contributed by atoms with van der Waals surface area (Å²) >= 11 is 0. The molecule has 1 unspecified atom stereocenters. The van der Waals surface area contributed by atoms with Gasteiger partial charge in [0.05, 0.1) is 5.69 Å². The Morgan fingerprint density at radius 1 is 1.56 bits per heavy atom. The van der Waals surface area contributed by atoms with Gasteiger partial charge < -0.3 is 0 Å². The van der Waals surface area contributed by atoms with Crippen molar-refractivity contribution in [3.8, 4) is 0 Å². The number of hydrazine groups is 1. The topological polar surface area (TPSA) is 55.9 Å². The minimum atomic E-state index is 0.302. The molecule has 0 aliphatic heterocycles. The first-order chi connectivity index (χ1) is 7.60. The van der Waals surface area contributed by atoms with Crippen molar-refractivity contribution in [2.24, 2.45) is 12.9 Å². The number of nitrogens with zero attached hydrogens (tertiary/aromatic N) is 2. The Bertz CT molecular complexity index is 354. The Hall–Kier alpha value is -1.13. The Balaban J connectivity index is 2.62. The fraction of sp³-hybridized carbons (Fsp3) is 0.583. The summed E-state index contributed by atoms with van der Waals surface area (Å²) in [7, 11) is 1.98. The highest BCUT2D eigenvalue weighted by molar-refractivity contribution is 5.24. The molecule has 3 N–H and O–H groups in total. The Morgan fingerprint density at radius 3 is 2.69 bits per heavy atom. The SMILES string of the molecule is C=CCC(CCc1c(C)nn(C)c1C)NN. The lowest BCUT2D eigenvalue weighted by Gasteiger charge is -2.13. The van der Waals surface area contributed by atoms with Crippen molar-refractivity contribution in [1.29, 1.82) is 0 Å². The number of hydrogen-bond acceptors (Lipinski definition) is 3. The highest BCUT2D eigenvalue weighted by Crippen LogP contribution is 2.15. The van der Waals surface area contributed by atoms with Crippen LogP contribution in [0.15, 0.2) is 12.7 Å². The predicted molar refractivity (Wildman–Crippen MR) is 66.9 cm³/mol. The molecule has 0 aliphatic rings. The van der Waals surface area contributed by atoms with Crippen LogP contribution in [0.1, 0.15) is 29.8 Å². The van der Waals surface area contributed by atoms with Gasteiger partial charge in [-0.25, -0.2) is 0 Å². The van der Waals surface area contributed by atoms with Gasteiger partial charge in [-0.2, -0.15) is 5.10 Å². The number of aryl methyl sites for hydroxylation is 2. The van der Waals surface area contributed by atoms with E-state index in [4.69, 9.17) is 5.84 Å². The summed E-state index contributed by atoms with van der Waals surface area (Å²) in [6.45, 7) is 7.89. The third-order valence-corrected chi connectivity index (χ3v) is 3.09. The van der Waals surface area contributed by atoms with Crippen molar-refractivity contribution in [2.45, 2.75) is 39.2 Å². The van der Waals surface area contributed by atoms with Gasteiger partial charge in [-0.1, -0.05) is 6.08 Å². The normalized spacial score (nSPS) is 12.8. The number of nitrogens with two attached hydrogens (primary N) is 1. The summed E-state index contributed by atoms with van der Waals surface area (Å²) in [5.41, 5.74) is 6.52. The van der Waals surface area contributed by atoms with Crippen LogP contribution in [-0.4, -0.2) is 15.8 Å². The summed E-state index contributed by atoms with van der Waals surface area (Å²) < 4.78 is 1.93. The average Bonchev–Trinajstić information content (AvgIpc) is 2.49. The van der Waals surface area contributed by atoms with Crippen LogP contribution in [0.5, 0.6) is 0 Å². The van der Waals surface area contributed by atoms with Crippen LogP contribution in [0.3, 0.4) is 0 Å². The van der Waals surface area contributed by atoms with Gasteiger partial charge in [0.1, 0.15) is 0 Å². The molecule has 16 heavy (non-hydrogen) atoms. The zero-order valence-corrected chi connectivity index (χ0v) is 10.5. The van der Waals surface area contributed by atoms with Crippen LogP contribution in [0.25, 0.3) is 0 Å². The second kappa shape index (κ2) is 5.82. The smallest absolute Gasteiger partial charge is 0.0628 e. The van der Waals surface area contributed by atoms with Crippen molar-refractivity contribution in [3.63, 3.8) is 0 Å². The molecule has 0 aliphatic carbocycles. The highest BCUT2D eigenvalue weighted by atomic mass is 15.3. The number of nitrogens with one attached hydrogen (secondary N) is 1. The lowest BCUT2D eigenvalue weighted by atomic mass is 10.0. The third kappa shape index (κ3) is 2.93. The van der Waals surface area contributed by atoms with Gasteiger partial charge in [-0.15, -0.1) is 6.58 Å². The van der Waals surface area contributed by atoms with Gasteiger partial charge in [-0.3, -0.25) is 16.0 Å². The molecule has 0 aromatic carbocycles. The van der Waals surface area contributed by atoms with Crippen molar-refractivity contribution in [2.75, 3.05) is 0 Å². The quantitative estimate of drug-likeness (QED) is 0.434. The van der Waals surface area contributed by atoms with Gasteiger partial charge in [-0.05, 0) is 38.7 Å². The molecule has 4 heteroatoms. The zero-order valence-electron chi connectivity index (χ0n) is 10.5. The van der Waals surface area contributed by atoms with E-state index in [9.17, 15) is 0 Å². The molecule has 1 atom stereocenters. The van der Waals surface area contributed by atoms with E-state index in [0.717, 1.165) is 25.0 Å². The maximum atomic E-state index is 5.49. The molecule has 1 rings (SSSR count). The van der Waals surface area contributed by atoms with Crippen LogP contribution in [0.4, 0.5) is 0 Å². The molecule has 4 nitrogen and oxygen atoms in total. The van der Waals surface area contributed by atoms with E-state index in [0.29, 0.717) is 6.04 Å². The monoisotopic (exact) mass is 222 g/mol. The highest BCUT2D eigenvalue weighted by Gasteiger charge is 2.11. The first kappa shape index (κ1) is 12.9. The Labute approximate surface area is 97.5 Å². The van der Waals surface area contributed by atoms with Crippen LogP contribution in [0.2, 0.25) is 0 Å². The molecule has 0 fully saturated rings. The van der Waals surface area contributed by atoms with Gasteiger partial charge in [0, 0.05) is 18.8 Å². The zero-order chi connectivity index (χ0) is 12.1. The molecule has 0 radical (unpaired) electrons. The standard InChI is InChI=1S/C12H22N4/c1-5-6-11(14-13)7-8-12-9(2)15-16(4)10(12)3/h5,11,14H,1,6-8,13H2,2-4H3. The fourth-order valence-corrected chi connectivity index (χ4v) is 1.97. The van der Waals surface area contributed by atoms with Crippen LogP contribution in [0, 0.1) is 13.8 Å². The molecule has 0 amide bonds. The lowest BCUT2D eigenvalue weighted by Crippen LogP contribution is -2.35. The molecule has 0 saturated carbocycles. The molecule has 0 spiro atoms. The number of rotatable bonds is 6. The summed E-state index contributed by atoms with van der Waals surface area (Å²) in [6, 6.07) is 0.302. The molecular weight excluding hydrogens is 200 g/mol. The molecular formula is C12H22N4. The summed E-state index contributed by atoms with van der Waals surface area (Å²) in [5.74, 6) is 5.49. The minimum Gasteiger partial charge on any atom is -0.272 e. The van der Waals surface area contributed by atoms with E-state index in [-0.39, 0.29) is 0 Å². The van der Waals surface area contributed by atoms with E-state index in [2.05, 4.69) is 31.0 Å². The van der Waals surface area contributed by atoms with Crippen molar-refractivity contribution < 1.29 is 0 Å².